The Hall–Kier alpha value is -2.09. The molecule has 3 rings (SSSR count). The Bertz CT molecular complexity index is 932. The monoisotopic (exact) mass is 407 g/mol. The number of anilines is 1. The molecular formula is C17H15Cl2N5OS. The minimum Gasteiger partial charge on any atom is -0.308 e. The van der Waals surface area contributed by atoms with Gasteiger partial charge in [-0.3, -0.25) is 4.79 Å². The van der Waals surface area contributed by atoms with E-state index in [-0.39, 0.29) is 16.7 Å². The van der Waals surface area contributed by atoms with Gasteiger partial charge in [-0.05, 0) is 13.0 Å². The maximum Gasteiger partial charge on any atom is 0.238 e. The number of carbonyl (C=O) groups excluding carboxylic acids is 1. The predicted molar refractivity (Wildman–Crippen MR) is 105 cm³/mol. The van der Waals surface area contributed by atoms with Crippen molar-refractivity contribution in [2.45, 2.75) is 17.3 Å². The van der Waals surface area contributed by atoms with E-state index in [1.54, 1.807) is 6.92 Å². The molecule has 6 nitrogen and oxygen atoms in total. The molecule has 1 N–H and O–H groups in total. The highest BCUT2D eigenvalue weighted by Gasteiger charge is 2.20. The number of hydrogen-bond acceptors (Lipinski definition) is 5. The maximum atomic E-state index is 12.4. The average Bonchev–Trinajstić information content (AvgIpc) is 2.98. The molecule has 0 fully saturated rings. The number of aromatic nitrogens is 4. The van der Waals surface area contributed by atoms with Gasteiger partial charge < -0.3 is 9.88 Å². The van der Waals surface area contributed by atoms with E-state index in [0.29, 0.717) is 10.2 Å². The predicted octanol–water partition coefficient (Wildman–Crippen LogP) is 4.30. The molecule has 0 spiro atoms. The summed E-state index contributed by atoms with van der Waals surface area (Å²) in [4.78, 5) is 16.5. The van der Waals surface area contributed by atoms with E-state index in [1.165, 1.54) is 24.0 Å². The van der Waals surface area contributed by atoms with Crippen LogP contribution in [-0.4, -0.2) is 30.9 Å². The lowest BCUT2D eigenvalue weighted by atomic mass is 10.2. The summed E-state index contributed by atoms with van der Waals surface area (Å²) in [7, 11) is 1.87. The fourth-order valence-corrected chi connectivity index (χ4v) is 3.43. The molecule has 26 heavy (non-hydrogen) atoms. The van der Waals surface area contributed by atoms with Gasteiger partial charge >= 0.3 is 0 Å². The van der Waals surface area contributed by atoms with Crippen LogP contribution in [0.5, 0.6) is 0 Å². The summed E-state index contributed by atoms with van der Waals surface area (Å²) in [5, 5.41) is 12.0. The second-order valence-electron chi connectivity index (χ2n) is 5.46. The van der Waals surface area contributed by atoms with Crippen molar-refractivity contribution in [1.82, 2.24) is 19.7 Å². The molecule has 0 radical (unpaired) electrons. The molecule has 9 heteroatoms. The first kappa shape index (κ1) is 18.7. The summed E-state index contributed by atoms with van der Waals surface area (Å²) in [6.07, 6.45) is 1.43. The Morgan fingerprint density at radius 3 is 2.65 bits per heavy atom. The van der Waals surface area contributed by atoms with Crippen LogP contribution < -0.4 is 5.32 Å². The van der Waals surface area contributed by atoms with Crippen LogP contribution in [0.3, 0.4) is 0 Å². The van der Waals surface area contributed by atoms with Crippen LogP contribution in [0.4, 0.5) is 5.82 Å². The second-order valence-corrected chi connectivity index (χ2v) is 7.62. The lowest BCUT2D eigenvalue weighted by Gasteiger charge is -2.12. The molecular weight excluding hydrogens is 393 g/mol. The van der Waals surface area contributed by atoms with E-state index in [9.17, 15) is 4.79 Å². The molecule has 0 aliphatic carbocycles. The van der Waals surface area contributed by atoms with Gasteiger partial charge in [0.05, 0.1) is 15.3 Å². The summed E-state index contributed by atoms with van der Waals surface area (Å²) in [5.74, 6) is 0.774. The second kappa shape index (κ2) is 8.07. The summed E-state index contributed by atoms with van der Waals surface area (Å²) in [6.45, 7) is 1.78. The Morgan fingerprint density at radius 2 is 1.96 bits per heavy atom. The molecule has 1 amide bonds. The maximum absolute atomic E-state index is 12.4. The topological polar surface area (TPSA) is 72.7 Å². The fraction of sp³-hybridized carbons (Fsp3) is 0.176. The Kier molecular flexibility index (Phi) is 5.80. The Morgan fingerprint density at radius 1 is 1.23 bits per heavy atom. The molecule has 0 saturated carbocycles. The fourth-order valence-electron chi connectivity index (χ4n) is 2.19. The molecule has 0 aliphatic rings. The van der Waals surface area contributed by atoms with Gasteiger partial charge in [0.1, 0.15) is 0 Å². The van der Waals surface area contributed by atoms with Crippen LogP contribution in [0.2, 0.25) is 10.0 Å². The molecule has 2 heterocycles. The zero-order valence-electron chi connectivity index (χ0n) is 14.0. The van der Waals surface area contributed by atoms with Crippen LogP contribution in [0.25, 0.3) is 11.4 Å². The Labute approximate surface area is 164 Å². The standard InChI is InChI=1S/C17H15Cl2N5OS/c1-10(16(25)21-14-13(19)8-12(18)9-20-14)26-17-23-22-15(24(17)2)11-6-4-3-5-7-11/h3-10H,1-2H3,(H,20,21,25)/t10-/m0/s1. The van der Waals surface area contributed by atoms with Gasteiger partial charge in [0.25, 0.3) is 0 Å². The molecule has 0 unspecified atom stereocenters. The normalized spacial score (nSPS) is 12.0. The molecule has 0 aliphatic heterocycles. The SMILES string of the molecule is C[C@H](Sc1nnc(-c2ccccc2)n1C)C(=O)Nc1ncc(Cl)cc1Cl. The van der Waals surface area contributed by atoms with Crippen LogP contribution in [-0.2, 0) is 11.8 Å². The first-order valence-corrected chi connectivity index (χ1v) is 9.32. The van der Waals surface area contributed by atoms with E-state index in [1.807, 2.05) is 41.9 Å². The molecule has 0 saturated heterocycles. The van der Waals surface area contributed by atoms with Crippen molar-refractivity contribution in [3.8, 4) is 11.4 Å². The number of rotatable bonds is 5. The van der Waals surface area contributed by atoms with E-state index < -0.39 is 5.25 Å². The van der Waals surface area contributed by atoms with E-state index in [4.69, 9.17) is 23.2 Å². The van der Waals surface area contributed by atoms with Gasteiger partial charge in [-0.25, -0.2) is 4.98 Å². The third-order valence-electron chi connectivity index (χ3n) is 3.57. The zero-order valence-corrected chi connectivity index (χ0v) is 16.3. The lowest BCUT2D eigenvalue weighted by molar-refractivity contribution is -0.115. The third-order valence-corrected chi connectivity index (χ3v) is 5.20. The number of halogens is 2. The minimum absolute atomic E-state index is 0.240. The summed E-state index contributed by atoms with van der Waals surface area (Å²) in [5.41, 5.74) is 0.962. The Balaban J connectivity index is 1.71. The summed E-state index contributed by atoms with van der Waals surface area (Å²) in [6, 6.07) is 11.3. The number of carbonyl (C=O) groups is 1. The first-order valence-electron chi connectivity index (χ1n) is 7.69. The number of hydrogen-bond donors (Lipinski definition) is 1. The van der Waals surface area contributed by atoms with Gasteiger partial charge in [-0.1, -0.05) is 65.3 Å². The van der Waals surface area contributed by atoms with Crippen molar-refractivity contribution in [3.63, 3.8) is 0 Å². The molecule has 1 aromatic carbocycles. The highest BCUT2D eigenvalue weighted by Crippen LogP contribution is 2.27. The number of amides is 1. The van der Waals surface area contributed by atoms with E-state index in [0.717, 1.165) is 11.4 Å². The first-order chi connectivity index (χ1) is 12.5. The average molecular weight is 408 g/mol. The minimum atomic E-state index is -0.421. The summed E-state index contributed by atoms with van der Waals surface area (Å²) < 4.78 is 1.86. The van der Waals surface area contributed by atoms with Gasteiger partial charge in [0.2, 0.25) is 5.91 Å². The van der Waals surface area contributed by atoms with Crippen LogP contribution in [0, 0.1) is 0 Å². The summed E-state index contributed by atoms with van der Waals surface area (Å²) >= 11 is 13.2. The highest BCUT2D eigenvalue weighted by atomic mass is 35.5. The smallest absolute Gasteiger partial charge is 0.238 e. The molecule has 1 atom stereocenters. The number of nitrogens with zero attached hydrogens (tertiary/aromatic N) is 4. The molecule has 3 aromatic rings. The number of thioether (sulfide) groups is 1. The third kappa shape index (κ3) is 4.17. The largest absolute Gasteiger partial charge is 0.308 e. The van der Waals surface area contributed by atoms with Crippen LogP contribution >= 0.6 is 35.0 Å². The number of pyridine rings is 1. The quantitative estimate of drug-likeness (QED) is 0.638. The van der Waals surface area contributed by atoms with Crippen molar-refractivity contribution in [2.24, 2.45) is 7.05 Å². The van der Waals surface area contributed by atoms with Crippen LogP contribution in [0.1, 0.15) is 6.92 Å². The van der Waals surface area contributed by atoms with Gasteiger partial charge in [0, 0.05) is 18.8 Å². The number of nitrogens with one attached hydrogen (secondary N) is 1. The highest BCUT2D eigenvalue weighted by molar-refractivity contribution is 8.00. The van der Waals surface area contributed by atoms with Crippen molar-refractivity contribution in [2.75, 3.05) is 5.32 Å². The van der Waals surface area contributed by atoms with Gasteiger partial charge in [0.15, 0.2) is 16.8 Å². The van der Waals surface area contributed by atoms with Gasteiger partial charge in [-0.15, -0.1) is 10.2 Å². The molecule has 2 aromatic heterocycles. The lowest BCUT2D eigenvalue weighted by Crippen LogP contribution is -2.23. The van der Waals surface area contributed by atoms with Crippen molar-refractivity contribution < 1.29 is 4.79 Å². The molecule has 134 valence electrons. The zero-order chi connectivity index (χ0) is 18.7. The van der Waals surface area contributed by atoms with Gasteiger partial charge in [-0.2, -0.15) is 0 Å². The van der Waals surface area contributed by atoms with E-state index >= 15 is 0 Å². The van der Waals surface area contributed by atoms with Crippen molar-refractivity contribution >= 4 is 46.7 Å². The van der Waals surface area contributed by atoms with Crippen molar-refractivity contribution in [1.29, 1.82) is 0 Å². The van der Waals surface area contributed by atoms with E-state index in [2.05, 4.69) is 20.5 Å². The number of benzene rings is 1. The van der Waals surface area contributed by atoms with Crippen molar-refractivity contribution in [3.05, 3.63) is 52.6 Å². The molecule has 0 bridgehead atoms. The van der Waals surface area contributed by atoms with Crippen LogP contribution in [0.15, 0.2) is 47.8 Å².